The summed E-state index contributed by atoms with van der Waals surface area (Å²) in [6, 6.07) is 7.51. The Hall–Kier alpha value is -3.89. The molecule has 1 aliphatic heterocycles. The number of aromatic nitrogens is 4. The van der Waals surface area contributed by atoms with Crippen molar-refractivity contribution in [3.05, 3.63) is 69.1 Å². The summed E-state index contributed by atoms with van der Waals surface area (Å²) in [5.74, 6) is -1.14. The highest BCUT2D eigenvalue weighted by atomic mass is 19.1. The van der Waals surface area contributed by atoms with Gasteiger partial charge in [-0.05, 0) is 41.1 Å². The highest BCUT2D eigenvalue weighted by molar-refractivity contribution is 6.04. The van der Waals surface area contributed by atoms with E-state index in [2.05, 4.69) is 20.6 Å². The Balaban J connectivity index is 1.61. The Morgan fingerprint density at radius 2 is 2.00 bits per heavy atom. The van der Waals surface area contributed by atoms with Crippen molar-refractivity contribution in [2.75, 3.05) is 6.61 Å². The average molecular weight is 456 g/mol. The predicted molar refractivity (Wildman–Crippen MR) is 117 cm³/mol. The molecule has 2 heterocycles. The monoisotopic (exact) mass is 456 g/mol. The lowest BCUT2D eigenvalue weighted by atomic mass is 10.0. The molecule has 0 radical (unpaired) electrons. The molecule has 11 heteroatoms. The van der Waals surface area contributed by atoms with E-state index < -0.39 is 11.6 Å². The fraction of sp³-hybridized carbons (Fsp3) is 0.318. The van der Waals surface area contributed by atoms with E-state index in [0.717, 1.165) is 27.9 Å². The van der Waals surface area contributed by atoms with Crippen LogP contribution in [0.15, 0.2) is 45.3 Å². The van der Waals surface area contributed by atoms with E-state index in [1.807, 2.05) is 26.0 Å². The fourth-order valence-corrected chi connectivity index (χ4v) is 3.43. The van der Waals surface area contributed by atoms with Crippen LogP contribution in [-0.4, -0.2) is 38.0 Å². The summed E-state index contributed by atoms with van der Waals surface area (Å²) in [6.45, 7) is 4.00. The third-order valence-corrected chi connectivity index (χ3v) is 5.24. The molecule has 1 aromatic heterocycles. The summed E-state index contributed by atoms with van der Waals surface area (Å²) in [7, 11) is 1.52. The highest BCUT2D eigenvalue weighted by Crippen LogP contribution is 2.30. The maximum atomic E-state index is 14.3. The first-order chi connectivity index (χ1) is 15.9. The minimum atomic E-state index is -0.652. The number of nitrogens with zero attached hydrogens (tertiary/aromatic N) is 6. The number of tetrazole rings is 1. The molecule has 2 aromatic carbocycles. The van der Waals surface area contributed by atoms with Crippen molar-refractivity contribution in [3.63, 3.8) is 0 Å². The molecule has 3 aromatic rings. The molecule has 0 bridgehead atoms. The molecule has 0 fully saturated rings. The smallest absolute Gasteiger partial charge is 0.368 e. The number of rotatable bonds is 5. The standard InChI is InChI=1S/C22H22F2N6O3/c1-4-19(26-25-17-10-11-32-21-16(24)9-8-15(23)20(17)21)33-12-14-13(2)6-5-7-18(14)30-22(31)29(3)27-28-30/h5-9H,4,10-12H2,1-3H3/b25-17-,26-19-. The molecule has 0 spiro atoms. The van der Waals surface area contributed by atoms with Gasteiger partial charge in [-0.3, -0.25) is 0 Å². The second-order valence-corrected chi connectivity index (χ2v) is 7.38. The molecule has 4 rings (SSSR count). The van der Waals surface area contributed by atoms with E-state index in [-0.39, 0.29) is 42.3 Å². The van der Waals surface area contributed by atoms with Gasteiger partial charge in [0.05, 0.1) is 23.6 Å². The second-order valence-electron chi connectivity index (χ2n) is 7.38. The largest absolute Gasteiger partial charge is 0.489 e. The van der Waals surface area contributed by atoms with Gasteiger partial charge in [0.25, 0.3) is 0 Å². The van der Waals surface area contributed by atoms with Gasteiger partial charge in [0, 0.05) is 25.5 Å². The van der Waals surface area contributed by atoms with Gasteiger partial charge in [-0.15, -0.1) is 5.10 Å². The minimum Gasteiger partial charge on any atom is -0.489 e. The van der Waals surface area contributed by atoms with Gasteiger partial charge in [0.15, 0.2) is 11.6 Å². The third-order valence-electron chi connectivity index (χ3n) is 5.24. The summed E-state index contributed by atoms with van der Waals surface area (Å²) >= 11 is 0. The van der Waals surface area contributed by atoms with Crippen LogP contribution in [0.4, 0.5) is 8.78 Å². The van der Waals surface area contributed by atoms with Crippen LogP contribution in [0.1, 0.15) is 36.5 Å². The van der Waals surface area contributed by atoms with Gasteiger partial charge in [0.2, 0.25) is 5.90 Å². The minimum absolute atomic E-state index is 0.0244. The van der Waals surface area contributed by atoms with Crippen LogP contribution < -0.4 is 10.4 Å². The summed E-state index contributed by atoms with van der Waals surface area (Å²) in [4.78, 5) is 12.3. The quantitative estimate of drug-likeness (QED) is 0.334. The third kappa shape index (κ3) is 4.38. The molecule has 0 aliphatic carbocycles. The molecule has 0 saturated carbocycles. The Morgan fingerprint density at radius 3 is 2.73 bits per heavy atom. The SMILES string of the molecule is CC/C(=N/N=C1/CCOc2c(F)ccc(F)c21)OCc1c(C)cccc1-n1nnn(C)c1=O. The lowest BCUT2D eigenvalue weighted by Gasteiger charge is -2.19. The number of halogens is 2. The number of ether oxygens (including phenoxy) is 2. The summed E-state index contributed by atoms with van der Waals surface area (Å²) in [6.07, 6.45) is 0.698. The van der Waals surface area contributed by atoms with Crippen LogP contribution in [0.25, 0.3) is 5.69 Å². The van der Waals surface area contributed by atoms with E-state index in [0.29, 0.717) is 18.0 Å². The van der Waals surface area contributed by atoms with Crippen molar-refractivity contribution in [2.45, 2.75) is 33.3 Å². The molecular weight excluding hydrogens is 434 g/mol. The Labute approximate surface area is 187 Å². The van der Waals surface area contributed by atoms with Crippen LogP contribution >= 0.6 is 0 Å². The zero-order valence-electron chi connectivity index (χ0n) is 18.4. The normalized spacial score (nSPS) is 14.8. The van der Waals surface area contributed by atoms with Crippen molar-refractivity contribution < 1.29 is 18.3 Å². The van der Waals surface area contributed by atoms with Gasteiger partial charge >= 0.3 is 5.69 Å². The molecule has 33 heavy (non-hydrogen) atoms. The number of hydrogen-bond donors (Lipinski definition) is 0. The molecule has 0 amide bonds. The first kappa shape index (κ1) is 22.3. The Kier molecular flexibility index (Phi) is 6.29. The molecule has 1 aliphatic rings. The number of fused-ring (bicyclic) bond motifs is 1. The maximum absolute atomic E-state index is 14.3. The van der Waals surface area contributed by atoms with Crippen molar-refractivity contribution >= 4 is 11.6 Å². The van der Waals surface area contributed by atoms with Gasteiger partial charge in [-0.25, -0.2) is 13.6 Å². The summed E-state index contributed by atoms with van der Waals surface area (Å²) < 4.78 is 41.8. The van der Waals surface area contributed by atoms with Crippen LogP contribution in [0.2, 0.25) is 0 Å². The van der Waals surface area contributed by atoms with E-state index in [1.165, 1.54) is 11.7 Å². The molecule has 0 N–H and O–H groups in total. The first-order valence-corrected chi connectivity index (χ1v) is 10.4. The maximum Gasteiger partial charge on any atom is 0.368 e. The Morgan fingerprint density at radius 1 is 1.21 bits per heavy atom. The zero-order chi connectivity index (χ0) is 23.5. The van der Waals surface area contributed by atoms with E-state index in [4.69, 9.17) is 9.47 Å². The fourth-order valence-electron chi connectivity index (χ4n) is 3.43. The van der Waals surface area contributed by atoms with Gasteiger partial charge in [-0.2, -0.15) is 14.5 Å². The second kappa shape index (κ2) is 9.31. The van der Waals surface area contributed by atoms with E-state index in [1.54, 1.807) is 6.07 Å². The molecule has 0 saturated heterocycles. The van der Waals surface area contributed by atoms with E-state index in [9.17, 15) is 13.6 Å². The van der Waals surface area contributed by atoms with Gasteiger partial charge in [0.1, 0.15) is 12.4 Å². The zero-order valence-corrected chi connectivity index (χ0v) is 18.4. The lowest BCUT2D eigenvalue weighted by Crippen LogP contribution is -2.23. The lowest BCUT2D eigenvalue weighted by molar-refractivity contribution is 0.282. The average Bonchev–Trinajstić information content (AvgIpc) is 3.15. The van der Waals surface area contributed by atoms with Gasteiger partial charge in [-0.1, -0.05) is 19.1 Å². The Bertz CT molecular complexity index is 1310. The van der Waals surface area contributed by atoms with Crippen LogP contribution in [0.5, 0.6) is 5.75 Å². The molecule has 9 nitrogen and oxygen atoms in total. The van der Waals surface area contributed by atoms with Crippen LogP contribution in [-0.2, 0) is 18.4 Å². The highest BCUT2D eigenvalue weighted by Gasteiger charge is 2.24. The molecule has 0 atom stereocenters. The van der Waals surface area contributed by atoms with Gasteiger partial charge < -0.3 is 9.47 Å². The molecule has 0 unspecified atom stereocenters. The van der Waals surface area contributed by atoms with E-state index >= 15 is 0 Å². The molecule has 172 valence electrons. The van der Waals surface area contributed by atoms with Crippen molar-refractivity contribution in [2.24, 2.45) is 17.3 Å². The predicted octanol–water partition coefficient (Wildman–Crippen LogP) is 3.06. The van der Waals surface area contributed by atoms with Crippen molar-refractivity contribution in [1.29, 1.82) is 0 Å². The number of aryl methyl sites for hydroxylation is 2. The van der Waals surface area contributed by atoms with Crippen molar-refractivity contribution in [3.8, 4) is 11.4 Å². The van der Waals surface area contributed by atoms with Crippen LogP contribution in [0.3, 0.4) is 0 Å². The topological polar surface area (TPSA) is 95.9 Å². The molecular formula is C22H22F2N6O3. The van der Waals surface area contributed by atoms with Crippen molar-refractivity contribution in [1.82, 2.24) is 19.8 Å². The summed E-state index contributed by atoms with van der Waals surface area (Å²) in [5.41, 5.74) is 2.05. The number of benzene rings is 2. The first-order valence-electron chi connectivity index (χ1n) is 10.4. The van der Waals surface area contributed by atoms with Crippen LogP contribution in [0, 0.1) is 18.6 Å². The summed E-state index contributed by atoms with van der Waals surface area (Å²) in [5, 5.41) is 15.9. The number of hydrogen-bond acceptors (Lipinski definition) is 7.